The third-order valence-corrected chi connectivity index (χ3v) is 3.29. The second-order valence-corrected chi connectivity index (χ2v) is 4.83. The van der Waals surface area contributed by atoms with E-state index >= 15 is 0 Å². The van der Waals surface area contributed by atoms with Gasteiger partial charge in [0.2, 0.25) is 0 Å². The normalized spacial score (nSPS) is 18.4. The van der Waals surface area contributed by atoms with Crippen molar-refractivity contribution < 1.29 is 9.53 Å². The predicted molar refractivity (Wildman–Crippen MR) is 73.2 cm³/mol. The molecule has 0 N–H and O–H groups in total. The second-order valence-electron chi connectivity index (χ2n) is 4.39. The topological polar surface area (TPSA) is 54.8 Å². The third kappa shape index (κ3) is 2.87. The molecule has 1 atom stereocenters. The van der Waals surface area contributed by atoms with Gasteiger partial charge in [0.1, 0.15) is 5.71 Å². The van der Waals surface area contributed by atoms with Gasteiger partial charge in [-0.2, -0.15) is 5.10 Å². The van der Waals surface area contributed by atoms with Crippen LogP contribution < -0.4 is 0 Å². The first kappa shape index (κ1) is 13.8. The highest BCUT2D eigenvalue weighted by Gasteiger charge is 2.31. The molecular weight excluding hydrogens is 266 g/mol. The van der Waals surface area contributed by atoms with Crippen molar-refractivity contribution in [2.45, 2.75) is 26.3 Å². The molecule has 0 aromatic carbocycles. The molecule has 0 bridgehead atoms. The summed E-state index contributed by atoms with van der Waals surface area (Å²) in [7, 11) is 1.83. The van der Waals surface area contributed by atoms with Crippen molar-refractivity contribution in [3.05, 3.63) is 28.5 Å². The van der Waals surface area contributed by atoms with E-state index < -0.39 is 0 Å². The van der Waals surface area contributed by atoms with Crippen LogP contribution in [0.15, 0.2) is 17.4 Å². The molecular formula is C13H16ClN3O2. The summed E-state index contributed by atoms with van der Waals surface area (Å²) in [5, 5.41) is 6.58. The summed E-state index contributed by atoms with van der Waals surface area (Å²) < 4.78 is 4.97. The van der Waals surface area contributed by atoms with Crippen LogP contribution in [-0.2, 0) is 9.53 Å². The summed E-state index contributed by atoms with van der Waals surface area (Å²) in [5.41, 5.74) is 2.31. The van der Waals surface area contributed by atoms with Crippen LogP contribution in [0, 0.1) is 6.92 Å². The SMILES string of the molecule is CCOC(=O)C1=NN(C)C(c2cc(Cl)cnc2C)C1. The van der Waals surface area contributed by atoms with E-state index in [4.69, 9.17) is 16.3 Å². The van der Waals surface area contributed by atoms with Gasteiger partial charge in [0.05, 0.1) is 17.7 Å². The minimum atomic E-state index is -0.357. The van der Waals surface area contributed by atoms with Gasteiger partial charge in [0, 0.05) is 25.4 Å². The number of carbonyl (C=O) groups is 1. The minimum Gasteiger partial charge on any atom is -0.461 e. The van der Waals surface area contributed by atoms with Crippen LogP contribution in [-0.4, -0.2) is 35.3 Å². The molecule has 1 aromatic rings. The Bertz CT molecular complexity index is 531. The molecule has 0 fully saturated rings. The average Bonchev–Trinajstić information content (AvgIpc) is 2.75. The number of nitrogens with zero attached hydrogens (tertiary/aromatic N) is 3. The van der Waals surface area contributed by atoms with Crippen LogP contribution in [0.1, 0.15) is 30.6 Å². The Balaban J connectivity index is 2.21. The third-order valence-electron chi connectivity index (χ3n) is 3.08. The summed E-state index contributed by atoms with van der Waals surface area (Å²) in [6.45, 7) is 4.05. The molecule has 1 aliphatic heterocycles. The predicted octanol–water partition coefficient (Wildman–Crippen LogP) is 2.34. The number of hydrogen-bond acceptors (Lipinski definition) is 5. The Kier molecular flexibility index (Phi) is 4.04. The molecule has 102 valence electrons. The van der Waals surface area contributed by atoms with Crippen molar-refractivity contribution in [3.8, 4) is 0 Å². The van der Waals surface area contributed by atoms with E-state index in [2.05, 4.69) is 10.1 Å². The lowest BCUT2D eigenvalue weighted by Gasteiger charge is -2.20. The van der Waals surface area contributed by atoms with Crippen molar-refractivity contribution >= 4 is 23.3 Å². The highest BCUT2D eigenvalue weighted by molar-refractivity contribution is 6.37. The fourth-order valence-electron chi connectivity index (χ4n) is 2.13. The maximum Gasteiger partial charge on any atom is 0.354 e. The first-order valence-corrected chi connectivity index (χ1v) is 6.50. The van der Waals surface area contributed by atoms with Crippen molar-refractivity contribution in [3.63, 3.8) is 0 Å². The first-order valence-electron chi connectivity index (χ1n) is 6.12. The fraction of sp³-hybridized carbons (Fsp3) is 0.462. The van der Waals surface area contributed by atoms with E-state index in [0.717, 1.165) is 11.3 Å². The summed E-state index contributed by atoms with van der Waals surface area (Å²) in [5.74, 6) is -0.357. The van der Waals surface area contributed by atoms with Crippen LogP contribution in [0.2, 0.25) is 5.02 Å². The van der Waals surface area contributed by atoms with E-state index in [1.807, 2.05) is 20.0 Å². The number of carbonyl (C=O) groups excluding carboxylic acids is 1. The zero-order valence-corrected chi connectivity index (χ0v) is 11.9. The number of aryl methyl sites for hydroxylation is 1. The molecule has 0 radical (unpaired) electrons. The monoisotopic (exact) mass is 281 g/mol. The van der Waals surface area contributed by atoms with E-state index in [-0.39, 0.29) is 12.0 Å². The Hall–Kier alpha value is -1.62. The molecule has 5 nitrogen and oxygen atoms in total. The largest absolute Gasteiger partial charge is 0.461 e. The van der Waals surface area contributed by atoms with Crippen LogP contribution in [0.3, 0.4) is 0 Å². The lowest BCUT2D eigenvalue weighted by atomic mass is 10.0. The molecule has 6 heteroatoms. The first-order chi connectivity index (χ1) is 9.02. The van der Waals surface area contributed by atoms with Crippen molar-refractivity contribution in [1.82, 2.24) is 9.99 Å². The minimum absolute atomic E-state index is 0.0226. The second kappa shape index (κ2) is 5.57. The van der Waals surface area contributed by atoms with Gasteiger partial charge >= 0.3 is 5.97 Å². The molecule has 19 heavy (non-hydrogen) atoms. The lowest BCUT2D eigenvalue weighted by molar-refractivity contribution is -0.135. The van der Waals surface area contributed by atoms with Crippen LogP contribution in [0.4, 0.5) is 0 Å². The number of aromatic nitrogens is 1. The van der Waals surface area contributed by atoms with Crippen molar-refractivity contribution in [1.29, 1.82) is 0 Å². The van der Waals surface area contributed by atoms with Gasteiger partial charge in [-0.15, -0.1) is 0 Å². The maximum atomic E-state index is 11.7. The van der Waals surface area contributed by atoms with Gasteiger partial charge in [0.25, 0.3) is 0 Å². The van der Waals surface area contributed by atoms with Gasteiger partial charge in [-0.1, -0.05) is 11.6 Å². The molecule has 0 amide bonds. The van der Waals surface area contributed by atoms with E-state index in [1.165, 1.54) is 0 Å². The van der Waals surface area contributed by atoms with Crippen molar-refractivity contribution in [2.24, 2.45) is 5.10 Å². The van der Waals surface area contributed by atoms with Gasteiger partial charge < -0.3 is 4.74 Å². The molecule has 0 saturated heterocycles. The maximum absolute atomic E-state index is 11.7. The lowest BCUT2D eigenvalue weighted by Crippen LogP contribution is -2.17. The Morgan fingerprint density at radius 1 is 1.63 bits per heavy atom. The highest BCUT2D eigenvalue weighted by atomic mass is 35.5. The van der Waals surface area contributed by atoms with Gasteiger partial charge in [0.15, 0.2) is 0 Å². The molecule has 1 unspecified atom stereocenters. The van der Waals surface area contributed by atoms with Crippen LogP contribution in [0.25, 0.3) is 0 Å². The number of hydrogen-bond donors (Lipinski definition) is 0. The van der Waals surface area contributed by atoms with Gasteiger partial charge in [-0.05, 0) is 25.5 Å². The summed E-state index contributed by atoms with van der Waals surface area (Å²) in [4.78, 5) is 15.9. The van der Waals surface area contributed by atoms with Gasteiger partial charge in [-0.25, -0.2) is 4.79 Å². The van der Waals surface area contributed by atoms with E-state index in [0.29, 0.717) is 23.8 Å². The molecule has 0 saturated carbocycles. The van der Waals surface area contributed by atoms with E-state index in [9.17, 15) is 4.79 Å². The number of pyridine rings is 1. The summed E-state index contributed by atoms with van der Waals surface area (Å²) >= 11 is 5.98. The number of rotatable bonds is 3. The average molecular weight is 282 g/mol. The molecule has 1 aromatic heterocycles. The number of ether oxygens (including phenoxy) is 1. The highest BCUT2D eigenvalue weighted by Crippen LogP contribution is 2.32. The van der Waals surface area contributed by atoms with Crippen LogP contribution >= 0.6 is 11.6 Å². The van der Waals surface area contributed by atoms with E-state index in [1.54, 1.807) is 18.1 Å². The molecule has 0 aliphatic carbocycles. The van der Waals surface area contributed by atoms with Gasteiger partial charge in [-0.3, -0.25) is 9.99 Å². The zero-order valence-electron chi connectivity index (χ0n) is 11.2. The molecule has 0 spiro atoms. The summed E-state index contributed by atoms with van der Waals surface area (Å²) in [6, 6.07) is 1.85. The quantitative estimate of drug-likeness (QED) is 0.798. The Morgan fingerprint density at radius 2 is 2.37 bits per heavy atom. The number of halogens is 1. The zero-order chi connectivity index (χ0) is 14.0. The molecule has 1 aliphatic rings. The fourth-order valence-corrected chi connectivity index (χ4v) is 2.29. The number of esters is 1. The molecule has 2 rings (SSSR count). The number of hydrazone groups is 1. The van der Waals surface area contributed by atoms with Crippen molar-refractivity contribution in [2.75, 3.05) is 13.7 Å². The standard InChI is InChI=1S/C13H16ClN3O2/c1-4-19-13(18)11-6-12(17(3)16-11)10-5-9(14)7-15-8(10)2/h5,7,12H,4,6H2,1-3H3. The Morgan fingerprint density at radius 3 is 3.05 bits per heavy atom. The summed E-state index contributed by atoms with van der Waals surface area (Å²) in [6.07, 6.45) is 2.13. The smallest absolute Gasteiger partial charge is 0.354 e. The molecule has 2 heterocycles. The Labute approximate surface area is 117 Å². The van der Waals surface area contributed by atoms with Crippen LogP contribution in [0.5, 0.6) is 0 Å².